The van der Waals surface area contributed by atoms with Crippen LogP contribution in [0.4, 0.5) is 0 Å². The summed E-state index contributed by atoms with van der Waals surface area (Å²) in [5.41, 5.74) is 0. The highest BCUT2D eigenvalue weighted by atomic mass is 32.2. The van der Waals surface area contributed by atoms with Gasteiger partial charge in [-0.05, 0) is 13.8 Å². The molecule has 0 saturated heterocycles. The van der Waals surface area contributed by atoms with Crippen molar-refractivity contribution in [1.82, 2.24) is 4.31 Å². The van der Waals surface area contributed by atoms with Gasteiger partial charge in [-0.25, -0.2) is 8.51 Å². The SMILES string of the molecule is CC(C)N(C)S(=O)O. The molecule has 4 heteroatoms. The van der Waals surface area contributed by atoms with Gasteiger partial charge in [0, 0.05) is 13.1 Å². The lowest BCUT2D eigenvalue weighted by Gasteiger charge is -2.14. The first-order chi connectivity index (χ1) is 3.55. The molecule has 3 nitrogen and oxygen atoms in total. The van der Waals surface area contributed by atoms with Crippen molar-refractivity contribution in [2.45, 2.75) is 19.9 Å². The largest absolute Gasteiger partial charge is 0.294 e. The number of hydrogen-bond donors (Lipinski definition) is 1. The van der Waals surface area contributed by atoms with Crippen molar-refractivity contribution in [3.63, 3.8) is 0 Å². The van der Waals surface area contributed by atoms with Crippen molar-refractivity contribution in [2.75, 3.05) is 7.05 Å². The highest BCUT2D eigenvalue weighted by molar-refractivity contribution is 7.76. The van der Waals surface area contributed by atoms with Crippen molar-refractivity contribution in [2.24, 2.45) is 0 Å². The summed E-state index contributed by atoms with van der Waals surface area (Å²) in [4.78, 5) is 0. The standard InChI is InChI=1S/C4H11NO2S/c1-4(2)5(3)8(6)7/h4H,1-3H3,(H,6,7). The summed E-state index contributed by atoms with van der Waals surface area (Å²) in [5, 5.41) is 0. The van der Waals surface area contributed by atoms with Gasteiger partial charge in [-0.2, -0.15) is 0 Å². The van der Waals surface area contributed by atoms with E-state index in [0.717, 1.165) is 0 Å². The second-order valence-corrected chi connectivity index (χ2v) is 2.91. The van der Waals surface area contributed by atoms with Crippen molar-refractivity contribution in [3.05, 3.63) is 0 Å². The zero-order chi connectivity index (χ0) is 6.73. The Morgan fingerprint density at radius 1 is 1.62 bits per heavy atom. The first-order valence-corrected chi connectivity index (χ1v) is 3.46. The molecular formula is C4H11NO2S. The Hall–Kier alpha value is 0.0700. The monoisotopic (exact) mass is 137 g/mol. The van der Waals surface area contributed by atoms with E-state index in [1.54, 1.807) is 7.05 Å². The maximum Gasteiger partial charge on any atom is 0.234 e. The molecule has 0 aliphatic carbocycles. The van der Waals surface area contributed by atoms with E-state index in [1.165, 1.54) is 4.31 Å². The molecule has 1 N–H and O–H groups in total. The van der Waals surface area contributed by atoms with Gasteiger partial charge >= 0.3 is 0 Å². The van der Waals surface area contributed by atoms with Gasteiger partial charge in [-0.3, -0.25) is 4.55 Å². The van der Waals surface area contributed by atoms with E-state index in [4.69, 9.17) is 4.55 Å². The molecule has 0 aromatic carbocycles. The number of nitrogens with zero attached hydrogens (tertiary/aromatic N) is 1. The summed E-state index contributed by atoms with van der Waals surface area (Å²) in [5.74, 6) is 0. The lowest BCUT2D eigenvalue weighted by atomic mass is 10.4. The third kappa shape index (κ3) is 2.40. The Morgan fingerprint density at radius 3 is 2.00 bits per heavy atom. The zero-order valence-electron chi connectivity index (χ0n) is 5.29. The average Bonchev–Trinajstić information content (AvgIpc) is 1.64. The van der Waals surface area contributed by atoms with E-state index in [1.807, 2.05) is 13.8 Å². The van der Waals surface area contributed by atoms with Gasteiger partial charge in [0.2, 0.25) is 11.3 Å². The first-order valence-electron chi connectivity index (χ1n) is 2.39. The van der Waals surface area contributed by atoms with Gasteiger partial charge in [-0.1, -0.05) is 0 Å². The van der Waals surface area contributed by atoms with Crippen molar-refractivity contribution >= 4 is 11.3 Å². The fourth-order valence-electron chi connectivity index (χ4n) is 0.180. The molecule has 0 aliphatic heterocycles. The zero-order valence-corrected chi connectivity index (χ0v) is 6.10. The Labute approximate surface area is 52.1 Å². The first kappa shape index (κ1) is 8.07. The molecule has 0 rings (SSSR count). The predicted molar refractivity (Wildman–Crippen MR) is 33.7 cm³/mol. The maximum atomic E-state index is 10.2. The van der Waals surface area contributed by atoms with Crippen molar-refractivity contribution in [1.29, 1.82) is 0 Å². The smallest absolute Gasteiger partial charge is 0.234 e. The van der Waals surface area contributed by atoms with Crippen LogP contribution >= 0.6 is 0 Å². The van der Waals surface area contributed by atoms with Crippen LogP contribution < -0.4 is 0 Å². The molecule has 0 aromatic heterocycles. The van der Waals surface area contributed by atoms with Crippen LogP contribution in [0, 0.1) is 0 Å². The summed E-state index contributed by atoms with van der Waals surface area (Å²) in [6.07, 6.45) is 0. The normalized spacial score (nSPS) is 15.2. The van der Waals surface area contributed by atoms with Gasteiger partial charge in [0.1, 0.15) is 0 Å². The van der Waals surface area contributed by atoms with E-state index in [0.29, 0.717) is 0 Å². The molecule has 0 aromatic rings. The third-order valence-electron chi connectivity index (χ3n) is 0.974. The van der Waals surface area contributed by atoms with Crippen LogP contribution in [0.1, 0.15) is 13.8 Å². The number of rotatable bonds is 2. The predicted octanol–water partition coefficient (Wildman–Crippen LogP) is 0.463. The summed E-state index contributed by atoms with van der Waals surface area (Å²) in [6.45, 7) is 3.71. The Morgan fingerprint density at radius 2 is 2.00 bits per heavy atom. The Bertz CT molecular complexity index is 94.0. The summed E-state index contributed by atoms with van der Waals surface area (Å²) >= 11 is -1.81. The fourth-order valence-corrected chi connectivity index (χ4v) is 0.541. The molecule has 1 atom stereocenters. The highest BCUT2D eigenvalue weighted by Gasteiger charge is 2.06. The minimum Gasteiger partial charge on any atom is -0.294 e. The maximum absolute atomic E-state index is 10.2. The van der Waals surface area contributed by atoms with E-state index < -0.39 is 11.3 Å². The topological polar surface area (TPSA) is 40.5 Å². The molecule has 0 fully saturated rings. The van der Waals surface area contributed by atoms with Crippen LogP contribution in [-0.2, 0) is 11.3 Å². The minimum absolute atomic E-state index is 0.126. The third-order valence-corrected chi connectivity index (χ3v) is 1.89. The molecule has 0 heterocycles. The van der Waals surface area contributed by atoms with Crippen molar-refractivity contribution in [3.8, 4) is 0 Å². The van der Waals surface area contributed by atoms with E-state index in [9.17, 15) is 4.21 Å². The van der Waals surface area contributed by atoms with Crippen LogP contribution in [0.5, 0.6) is 0 Å². The van der Waals surface area contributed by atoms with Crippen LogP contribution in [0.3, 0.4) is 0 Å². The molecule has 1 unspecified atom stereocenters. The van der Waals surface area contributed by atoms with Gasteiger partial charge in [0.25, 0.3) is 0 Å². The van der Waals surface area contributed by atoms with E-state index in [2.05, 4.69) is 0 Å². The second-order valence-electron chi connectivity index (χ2n) is 1.87. The fraction of sp³-hybridized carbons (Fsp3) is 1.00. The Balaban J connectivity index is 3.64. The van der Waals surface area contributed by atoms with Gasteiger partial charge in [-0.15, -0.1) is 0 Å². The van der Waals surface area contributed by atoms with E-state index >= 15 is 0 Å². The molecule has 0 amide bonds. The minimum atomic E-state index is -1.81. The van der Waals surface area contributed by atoms with E-state index in [-0.39, 0.29) is 6.04 Å². The molecular weight excluding hydrogens is 126 g/mol. The van der Waals surface area contributed by atoms with Crippen LogP contribution in [-0.4, -0.2) is 26.2 Å². The van der Waals surface area contributed by atoms with Crippen molar-refractivity contribution < 1.29 is 8.76 Å². The lowest BCUT2D eigenvalue weighted by molar-refractivity contribution is 0.396. The molecule has 0 aliphatic rings. The molecule has 0 saturated carbocycles. The van der Waals surface area contributed by atoms with Crippen LogP contribution in [0.15, 0.2) is 0 Å². The summed E-state index contributed by atoms with van der Waals surface area (Å²) < 4.78 is 19.9. The Kier molecular flexibility index (Phi) is 3.19. The molecule has 0 radical (unpaired) electrons. The lowest BCUT2D eigenvalue weighted by Crippen LogP contribution is -2.27. The average molecular weight is 137 g/mol. The quantitative estimate of drug-likeness (QED) is 0.562. The summed E-state index contributed by atoms with van der Waals surface area (Å²) in [6, 6.07) is 0.126. The van der Waals surface area contributed by atoms with Gasteiger partial charge in [0.05, 0.1) is 0 Å². The molecule has 50 valence electrons. The van der Waals surface area contributed by atoms with Gasteiger partial charge < -0.3 is 0 Å². The second kappa shape index (κ2) is 3.17. The number of hydrogen-bond acceptors (Lipinski definition) is 1. The highest BCUT2D eigenvalue weighted by Crippen LogP contribution is 1.93. The van der Waals surface area contributed by atoms with Gasteiger partial charge in [0.15, 0.2) is 0 Å². The summed E-state index contributed by atoms with van der Waals surface area (Å²) in [7, 11) is 1.60. The molecule has 8 heavy (non-hydrogen) atoms. The van der Waals surface area contributed by atoms with Crippen LogP contribution in [0.2, 0.25) is 0 Å². The molecule has 0 bridgehead atoms. The molecule has 0 spiro atoms. The van der Waals surface area contributed by atoms with Crippen LogP contribution in [0.25, 0.3) is 0 Å².